The summed E-state index contributed by atoms with van der Waals surface area (Å²) in [6.07, 6.45) is 2.55. The number of carbonyl (C=O) groups is 1. The third kappa shape index (κ3) is 3.48. The van der Waals surface area contributed by atoms with Crippen LogP contribution in [-0.2, 0) is 0 Å². The van der Waals surface area contributed by atoms with Crippen LogP contribution in [-0.4, -0.2) is 29.4 Å². The van der Waals surface area contributed by atoms with Gasteiger partial charge in [0.15, 0.2) is 0 Å². The van der Waals surface area contributed by atoms with Gasteiger partial charge in [-0.15, -0.1) is 0 Å². The number of hydrogen-bond acceptors (Lipinski definition) is 3. The molecule has 4 nitrogen and oxygen atoms in total. The number of carbonyl (C=O) groups excluding carboxylic acids is 1. The van der Waals surface area contributed by atoms with Gasteiger partial charge in [-0.25, -0.2) is 4.98 Å². The summed E-state index contributed by atoms with van der Waals surface area (Å²) in [5.41, 5.74) is 0.459. The van der Waals surface area contributed by atoms with E-state index in [1.54, 1.807) is 18.3 Å². The largest absolute Gasteiger partial charge is 0.480 e. The average molecular weight is 287 g/mol. The summed E-state index contributed by atoms with van der Waals surface area (Å²) < 4.78 is 5.02. The number of aromatic nitrogens is 1. The maximum atomic E-state index is 11.8. The van der Waals surface area contributed by atoms with E-state index in [0.29, 0.717) is 22.8 Å². The van der Waals surface area contributed by atoms with Crippen LogP contribution < -0.4 is 10.1 Å². The predicted molar refractivity (Wildman–Crippen MR) is 66.1 cm³/mol. The van der Waals surface area contributed by atoms with Gasteiger partial charge in [0.2, 0.25) is 5.88 Å². The second-order valence-corrected chi connectivity index (χ2v) is 4.57. The standard InChI is InChI=1S/C11H15BrN2O2/c1-3-8(12)7-14-10(15)9-5-4-6-13-11(9)16-2/h4-6,8H,3,7H2,1-2H3,(H,14,15). The minimum atomic E-state index is -0.164. The zero-order chi connectivity index (χ0) is 12.0. The van der Waals surface area contributed by atoms with Crippen molar-refractivity contribution in [1.29, 1.82) is 0 Å². The van der Waals surface area contributed by atoms with Gasteiger partial charge < -0.3 is 10.1 Å². The molecule has 0 saturated heterocycles. The van der Waals surface area contributed by atoms with Crippen LogP contribution >= 0.6 is 15.9 Å². The van der Waals surface area contributed by atoms with Crippen LogP contribution in [0.4, 0.5) is 0 Å². The molecule has 88 valence electrons. The number of rotatable bonds is 5. The predicted octanol–water partition coefficient (Wildman–Crippen LogP) is 1.99. The quantitative estimate of drug-likeness (QED) is 0.843. The van der Waals surface area contributed by atoms with Crippen LogP contribution in [0.25, 0.3) is 0 Å². The number of pyridine rings is 1. The Hall–Kier alpha value is -1.10. The first-order chi connectivity index (χ1) is 7.69. The lowest BCUT2D eigenvalue weighted by molar-refractivity contribution is 0.0950. The van der Waals surface area contributed by atoms with Gasteiger partial charge in [-0.2, -0.15) is 0 Å². The molecular weight excluding hydrogens is 272 g/mol. The number of ether oxygens (including phenoxy) is 1. The first-order valence-corrected chi connectivity index (χ1v) is 6.01. The fraction of sp³-hybridized carbons (Fsp3) is 0.455. The van der Waals surface area contributed by atoms with Crippen molar-refractivity contribution in [3.05, 3.63) is 23.9 Å². The van der Waals surface area contributed by atoms with Crippen LogP contribution in [0.5, 0.6) is 5.88 Å². The molecule has 16 heavy (non-hydrogen) atoms. The van der Waals surface area contributed by atoms with E-state index in [0.717, 1.165) is 6.42 Å². The van der Waals surface area contributed by atoms with E-state index in [-0.39, 0.29) is 5.91 Å². The maximum Gasteiger partial charge on any atom is 0.256 e. The van der Waals surface area contributed by atoms with Crippen molar-refractivity contribution in [1.82, 2.24) is 10.3 Å². The lowest BCUT2D eigenvalue weighted by Gasteiger charge is -2.10. The Morgan fingerprint density at radius 1 is 1.69 bits per heavy atom. The first kappa shape index (κ1) is 13.0. The summed E-state index contributed by atoms with van der Waals surface area (Å²) in [4.78, 5) is 16.1. The monoisotopic (exact) mass is 286 g/mol. The van der Waals surface area contributed by atoms with Crippen LogP contribution in [0.15, 0.2) is 18.3 Å². The molecule has 1 unspecified atom stereocenters. The number of halogens is 1. The molecule has 0 spiro atoms. The Kier molecular flexibility index (Phi) is 5.25. The van der Waals surface area contributed by atoms with Crippen molar-refractivity contribution in [3.8, 4) is 5.88 Å². The normalized spacial score (nSPS) is 11.9. The second-order valence-electron chi connectivity index (χ2n) is 3.28. The summed E-state index contributed by atoms with van der Waals surface area (Å²) in [5, 5.41) is 2.82. The van der Waals surface area contributed by atoms with Gasteiger partial charge in [0, 0.05) is 17.6 Å². The molecule has 0 bridgehead atoms. The maximum absolute atomic E-state index is 11.8. The minimum Gasteiger partial charge on any atom is -0.480 e. The molecule has 1 rings (SSSR count). The number of nitrogens with one attached hydrogen (secondary N) is 1. The molecule has 0 aliphatic carbocycles. The van der Waals surface area contributed by atoms with Gasteiger partial charge in [0.1, 0.15) is 5.56 Å². The van der Waals surface area contributed by atoms with Crippen LogP contribution in [0.3, 0.4) is 0 Å². The van der Waals surface area contributed by atoms with Crippen molar-refractivity contribution in [2.45, 2.75) is 18.2 Å². The van der Waals surface area contributed by atoms with Gasteiger partial charge in [-0.05, 0) is 18.6 Å². The average Bonchev–Trinajstić information content (AvgIpc) is 2.35. The Morgan fingerprint density at radius 2 is 2.44 bits per heavy atom. The van der Waals surface area contributed by atoms with Crippen molar-refractivity contribution < 1.29 is 9.53 Å². The highest BCUT2D eigenvalue weighted by atomic mass is 79.9. The summed E-state index contributed by atoms with van der Waals surface area (Å²) in [6, 6.07) is 3.40. The van der Waals surface area contributed by atoms with Crippen LogP contribution in [0, 0.1) is 0 Å². The molecule has 0 saturated carbocycles. The molecule has 1 aromatic rings. The van der Waals surface area contributed by atoms with E-state index in [9.17, 15) is 4.79 Å². The smallest absolute Gasteiger partial charge is 0.256 e. The molecule has 0 aliphatic rings. The molecule has 1 N–H and O–H groups in total. The summed E-state index contributed by atoms with van der Waals surface area (Å²) in [5.74, 6) is 0.186. The van der Waals surface area contributed by atoms with Crippen LogP contribution in [0.2, 0.25) is 0 Å². The van der Waals surface area contributed by atoms with Gasteiger partial charge in [0.05, 0.1) is 7.11 Å². The van der Waals surface area contributed by atoms with Crippen molar-refractivity contribution in [2.24, 2.45) is 0 Å². The van der Waals surface area contributed by atoms with Crippen molar-refractivity contribution >= 4 is 21.8 Å². The highest BCUT2D eigenvalue weighted by molar-refractivity contribution is 9.09. The highest BCUT2D eigenvalue weighted by Gasteiger charge is 2.13. The van der Waals surface area contributed by atoms with E-state index < -0.39 is 0 Å². The molecule has 0 fully saturated rings. The van der Waals surface area contributed by atoms with Crippen LogP contribution in [0.1, 0.15) is 23.7 Å². The molecular formula is C11H15BrN2O2. The summed E-state index contributed by atoms with van der Waals surface area (Å²) in [6.45, 7) is 2.64. The lowest BCUT2D eigenvalue weighted by Crippen LogP contribution is -2.29. The third-order valence-electron chi connectivity index (χ3n) is 2.14. The number of methoxy groups -OCH3 is 1. The fourth-order valence-corrected chi connectivity index (χ4v) is 1.33. The molecule has 5 heteroatoms. The zero-order valence-corrected chi connectivity index (χ0v) is 11.0. The third-order valence-corrected chi connectivity index (χ3v) is 3.11. The fourth-order valence-electron chi connectivity index (χ4n) is 1.17. The number of amides is 1. The van der Waals surface area contributed by atoms with E-state index in [4.69, 9.17) is 4.74 Å². The molecule has 1 heterocycles. The summed E-state index contributed by atoms with van der Waals surface area (Å²) in [7, 11) is 1.50. The lowest BCUT2D eigenvalue weighted by atomic mass is 10.2. The minimum absolute atomic E-state index is 0.164. The van der Waals surface area contributed by atoms with E-state index in [1.807, 2.05) is 0 Å². The van der Waals surface area contributed by atoms with Crippen molar-refractivity contribution in [3.63, 3.8) is 0 Å². The molecule has 1 atom stereocenters. The Bertz CT molecular complexity index is 358. The number of alkyl halides is 1. The Morgan fingerprint density at radius 3 is 3.06 bits per heavy atom. The van der Waals surface area contributed by atoms with Gasteiger partial charge >= 0.3 is 0 Å². The molecule has 0 aliphatic heterocycles. The molecule has 1 amide bonds. The second kappa shape index (κ2) is 6.48. The SMILES string of the molecule is CCC(Br)CNC(=O)c1cccnc1OC. The van der Waals surface area contributed by atoms with E-state index >= 15 is 0 Å². The van der Waals surface area contributed by atoms with Gasteiger partial charge in [0.25, 0.3) is 5.91 Å². The molecule has 0 radical (unpaired) electrons. The topological polar surface area (TPSA) is 51.2 Å². The van der Waals surface area contributed by atoms with Gasteiger partial charge in [-0.3, -0.25) is 4.79 Å². The zero-order valence-electron chi connectivity index (χ0n) is 9.37. The number of nitrogens with zero attached hydrogens (tertiary/aromatic N) is 1. The van der Waals surface area contributed by atoms with E-state index in [2.05, 4.69) is 33.2 Å². The summed E-state index contributed by atoms with van der Waals surface area (Å²) >= 11 is 3.45. The first-order valence-electron chi connectivity index (χ1n) is 5.10. The molecule has 1 aromatic heterocycles. The van der Waals surface area contributed by atoms with Gasteiger partial charge in [-0.1, -0.05) is 22.9 Å². The Labute approximate surface area is 104 Å². The van der Waals surface area contributed by atoms with Crippen molar-refractivity contribution in [2.75, 3.05) is 13.7 Å². The highest BCUT2D eigenvalue weighted by Crippen LogP contribution is 2.13. The van der Waals surface area contributed by atoms with E-state index in [1.165, 1.54) is 7.11 Å². The molecule has 0 aromatic carbocycles. The number of hydrogen-bond donors (Lipinski definition) is 1. The Balaban J connectivity index is 2.65.